The topological polar surface area (TPSA) is 96.2 Å². The van der Waals surface area contributed by atoms with Gasteiger partial charge in [0, 0.05) is 26.2 Å². The van der Waals surface area contributed by atoms with Crippen molar-refractivity contribution in [1.82, 2.24) is 15.5 Å². The lowest BCUT2D eigenvalue weighted by molar-refractivity contribution is -0.145. The Kier molecular flexibility index (Phi) is 9.46. The van der Waals surface area contributed by atoms with Gasteiger partial charge in [-0.15, -0.1) is 24.0 Å². The molecule has 9 heteroatoms. The van der Waals surface area contributed by atoms with Crippen LogP contribution < -0.4 is 10.6 Å². The predicted octanol–water partition coefficient (Wildman–Crippen LogP) is 1.33. The molecular formula is C17H27IN4O4. The second-order valence-corrected chi connectivity index (χ2v) is 5.98. The standard InChI is InChI=1S/C17H26N4O4.HI/c1-4-18-17(21-10-12(2)13(11-21)16(23)24-3)20-8-7-19-15(22)14-6-5-9-25-14;/h5-6,9,12-13H,4,7-8,10-11H2,1-3H3,(H,18,20)(H,19,22);1H. The minimum absolute atomic E-state index is 0. The number of esters is 1. The van der Waals surface area contributed by atoms with Gasteiger partial charge in [-0.3, -0.25) is 14.6 Å². The van der Waals surface area contributed by atoms with Crippen LogP contribution in [0.4, 0.5) is 0 Å². The summed E-state index contributed by atoms with van der Waals surface area (Å²) in [4.78, 5) is 30.2. The van der Waals surface area contributed by atoms with Crippen LogP contribution in [0.1, 0.15) is 24.4 Å². The maximum Gasteiger partial charge on any atom is 0.310 e. The molecule has 8 nitrogen and oxygen atoms in total. The molecule has 2 atom stereocenters. The van der Waals surface area contributed by atoms with Crippen LogP contribution >= 0.6 is 24.0 Å². The lowest BCUT2D eigenvalue weighted by Crippen LogP contribution is -2.41. The fourth-order valence-corrected chi connectivity index (χ4v) is 2.85. The number of carbonyl (C=O) groups is 2. The van der Waals surface area contributed by atoms with Gasteiger partial charge in [0.25, 0.3) is 5.91 Å². The van der Waals surface area contributed by atoms with Crippen LogP contribution in [0.5, 0.6) is 0 Å². The molecule has 2 rings (SSSR count). The van der Waals surface area contributed by atoms with E-state index in [4.69, 9.17) is 9.15 Å². The molecule has 2 N–H and O–H groups in total. The SMILES string of the molecule is CCNC(=NCCNC(=O)c1ccco1)N1CC(C)C(C(=O)OC)C1.I. The number of carbonyl (C=O) groups excluding carboxylic acids is 2. The van der Waals surface area contributed by atoms with Crippen LogP contribution in [0.25, 0.3) is 0 Å². The predicted molar refractivity (Wildman–Crippen MR) is 109 cm³/mol. The highest BCUT2D eigenvalue weighted by Gasteiger charge is 2.36. The number of rotatable bonds is 6. The maximum absolute atomic E-state index is 11.8. The number of hydrogen-bond acceptors (Lipinski definition) is 5. The summed E-state index contributed by atoms with van der Waals surface area (Å²) in [6, 6.07) is 3.28. The third-order valence-corrected chi connectivity index (χ3v) is 4.15. The molecule has 1 saturated heterocycles. The van der Waals surface area contributed by atoms with Crippen LogP contribution in [0, 0.1) is 11.8 Å². The summed E-state index contributed by atoms with van der Waals surface area (Å²) in [5, 5.41) is 5.99. The average molecular weight is 478 g/mol. The minimum atomic E-state index is -0.259. The highest BCUT2D eigenvalue weighted by Crippen LogP contribution is 2.24. The van der Waals surface area contributed by atoms with Gasteiger partial charge in [0.15, 0.2) is 11.7 Å². The molecule has 1 aliphatic rings. The molecule has 0 spiro atoms. The van der Waals surface area contributed by atoms with Crippen molar-refractivity contribution in [3.05, 3.63) is 24.2 Å². The highest BCUT2D eigenvalue weighted by molar-refractivity contribution is 14.0. The number of likely N-dealkylation sites (tertiary alicyclic amines) is 1. The lowest BCUT2D eigenvalue weighted by Gasteiger charge is -2.21. The first-order chi connectivity index (χ1) is 12.1. The number of hydrogen-bond donors (Lipinski definition) is 2. The molecule has 1 aromatic rings. The number of ether oxygens (including phenoxy) is 1. The summed E-state index contributed by atoms with van der Waals surface area (Å²) in [7, 11) is 1.42. The molecule has 0 saturated carbocycles. The van der Waals surface area contributed by atoms with E-state index in [0.717, 1.165) is 19.0 Å². The number of nitrogens with zero attached hydrogens (tertiary/aromatic N) is 2. The first-order valence-electron chi connectivity index (χ1n) is 8.49. The molecule has 1 aliphatic heterocycles. The molecule has 0 radical (unpaired) electrons. The highest BCUT2D eigenvalue weighted by atomic mass is 127. The Hall–Kier alpha value is -1.78. The van der Waals surface area contributed by atoms with E-state index in [2.05, 4.69) is 20.5 Å². The van der Waals surface area contributed by atoms with Crippen molar-refractivity contribution in [3.8, 4) is 0 Å². The van der Waals surface area contributed by atoms with Crippen molar-refractivity contribution >= 4 is 41.8 Å². The first kappa shape index (κ1) is 22.3. The van der Waals surface area contributed by atoms with E-state index in [0.29, 0.717) is 19.6 Å². The second kappa shape index (κ2) is 11.0. The van der Waals surface area contributed by atoms with Crippen molar-refractivity contribution in [2.45, 2.75) is 13.8 Å². The van der Waals surface area contributed by atoms with Gasteiger partial charge in [-0.05, 0) is 25.0 Å². The van der Waals surface area contributed by atoms with Gasteiger partial charge in [-0.25, -0.2) is 0 Å². The third kappa shape index (κ3) is 5.89. The zero-order chi connectivity index (χ0) is 18.2. The molecule has 2 unspecified atom stereocenters. The molecule has 26 heavy (non-hydrogen) atoms. The number of furan rings is 1. The van der Waals surface area contributed by atoms with Crippen LogP contribution in [0.15, 0.2) is 27.8 Å². The molecular weight excluding hydrogens is 451 g/mol. The molecule has 2 heterocycles. The van der Waals surface area contributed by atoms with Crippen LogP contribution in [0.2, 0.25) is 0 Å². The van der Waals surface area contributed by atoms with E-state index in [-0.39, 0.29) is 53.4 Å². The molecule has 0 aliphatic carbocycles. The number of guanidine groups is 1. The Balaban J connectivity index is 0.00000338. The van der Waals surface area contributed by atoms with Gasteiger partial charge in [0.1, 0.15) is 0 Å². The maximum atomic E-state index is 11.8. The van der Waals surface area contributed by atoms with E-state index < -0.39 is 0 Å². The van der Waals surface area contributed by atoms with Gasteiger partial charge in [0.05, 0.1) is 25.8 Å². The summed E-state index contributed by atoms with van der Waals surface area (Å²) < 4.78 is 9.91. The number of amides is 1. The van der Waals surface area contributed by atoms with Gasteiger partial charge >= 0.3 is 5.97 Å². The van der Waals surface area contributed by atoms with Gasteiger partial charge < -0.3 is 24.7 Å². The molecule has 146 valence electrons. The summed E-state index contributed by atoms with van der Waals surface area (Å²) >= 11 is 0. The van der Waals surface area contributed by atoms with Crippen molar-refractivity contribution in [1.29, 1.82) is 0 Å². The van der Waals surface area contributed by atoms with E-state index in [1.54, 1.807) is 12.1 Å². The van der Waals surface area contributed by atoms with Crippen molar-refractivity contribution in [2.75, 3.05) is 39.8 Å². The van der Waals surface area contributed by atoms with Crippen LogP contribution in [0.3, 0.4) is 0 Å². The molecule has 1 amide bonds. The number of aliphatic imine (C=N–C) groups is 1. The van der Waals surface area contributed by atoms with Crippen LogP contribution in [-0.4, -0.2) is 62.6 Å². The van der Waals surface area contributed by atoms with Gasteiger partial charge in [-0.2, -0.15) is 0 Å². The van der Waals surface area contributed by atoms with Crippen molar-refractivity contribution < 1.29 is 18.7 Å². The van der Waals surface area contributed by atoms with Crippen molar-refractivity contribution in [3.63, 3.8) is 0 Å². The summed E-state index contributed by atoms with van der Waals surface area (Å²) in [6.45, 7) is 6.91. The minimum Gasteiger partial charge on any atom is -0.469 e. The zero-order valence-corrected chi connectivity index (χ0v) is 17.7. The Morgan fingerprint density at radius 2 is 2.15 bits per heavy atom. The van der Waals surface area contributed by atoms with Crippen molar-refractivity contribution in [2.24, 2.45) is 16.8 Å². The Morgan fingerprint density at radius 3 is 2.77 bits per heavy atom. The van der Waals surface area contributed by atoms with E-state index in [1.165, 1.54) is 13.4 Å². The quantitative estimate of drug-likeness (QED) is 0.211. The zero-order valence-electron chi connectivity index (χ0n) is 15.4. The molecule has 1 fully saturated rings. The van der Waals surface area contributed by atoms with Gasteiger partial charge in [0.2, 0.25) is 0 Å². The van der Waals surface area contributed by atoms with E-state index >= 15 is 0 Å². The summed E-state index contributed by atoms with van der Waals surface area (Å²) in [6.07, 6.45) is 1.46. The number of nitrogens with one attached hydrogen (secondary N) is 2. The Morgan fingerprint density at radius 1 is 1.38 bits per heavy atom. The molecule has 0 bridgehead atoms. The second-order valence-electron chi connectivity index (χ2n) is 5.98. The fraction of sp³-hybridized carbons (Fsp3) is 0.588. The molecule has 1 aromatic heterocycles. The van der Waals surface area contributed by atoms with Crippen LogP contribution in [-0.2, 0) is 9.53 Å². The number of halogens is 1. The Labute approximate surface area is 170 Å². The number of methoxy groups -OCH3 is 1. The average Bonchev–Trinajstić information content (AvgIpc) is 3.26. The molecule has 0 aromatic carbocycles. The van der Waals surface area contributed by atoms with E-state index in [1.807, 2.05) is 13.8 Å². The monoisotopic (exact) mass is 478 g/mol. The largest absolute Gasteiger partial charge is 0.469 e. The lowest BCUT2D eigenvalue weighted by atomic mass is 9.99. The first-order valence-corrected chi connectivity index (χ1v) is 8.49. The summed E-state index contributed by atoms with van der Waals surface area (Å²) in [5.74, 6) is 0.642. The van der Waals surface area contributed by atoms with E-state index in [9.17, 15) is 9.59 Å². The smallest absolute Gasteiger partial charge is 0.310 e. The summed E-state index contributed by atoms with van der Waals surface area (Å²) in [5.41, 5.74) is 0. The normalized spacial score (nSPS) is 19.7. The van der Waals surface area contributed by atoms with Gasteiger partial charge in [-0.1, -0.05) is 6.92 Å². The third-order valence-electron chi connectivity index (χ3n) is 4.15. The fourth-order valence-electron chi connectivity index (χ4n) is 2.85. The Bertz CT molecular complexity index is 606.